The van der Waals surface area contributed by atoms with Crippen molar-refractivity contribution >= 4 is 27.5 Å². The van der Waals surface area contributed by atoms with Gasteiger partial charge in [0.05, 0.1) is 11.9 Å². The summed E-state index contributed by atoms with van der Waals surface area (Å²) in [5, 5.41) is 0. The van der Waals surface area contributed by atoms with Crippen molar-refractivity contribution in [3.8, 4) is 0 Å². The number of amides is 1. The predicted molar refractivity (Wildman–Crippen MR) is 66.8 cm³/mol. The third-order valence-corrected chi connectivity index (χ3v) is 2.80. The average molecular weight is 341 g/mol. The van der Waals surface area contributed by atoms with E-state index in [1.165, 1.54) is 32.4 Å². The van der Waals surface area contributed by atoms with Crippen LogP contribution >= 0.6 is 15.9 Å². The van der Waals surface area contributed by atoms with Crippen LogP contribution in [0.4, 0.5) is 18.9 Å². The second-order valence-electron chi connectivity index (χ2n) is 3.76. The van der Waals surface area contributed by atoms with Gasteiger partial charge in [-0.2, -0.15) is 13.2 Å². The molecule has 0 saturated heterocycles. The number of anilines is 1. The van der Waals surface area contributed by atoms with Gasteiger partial charge in [0, 0.05) is 7.11 Å². The van der Waals surface area contributed by atoms with E-state index in [0.29, 0.717) is 9.50 Å². The number of ether oxygens (including phenoxy) is 1. The number of nitrogens with zero attached hydrogens (tertiary/aromatic N) is 2. The number of carbonyl (C=O) groups is 1. The number of aromatic nitrogens is 1. The SMILES string of the molecule is COC(C)C(=O)N(CC(F)(F)F)c1ccc(Br)nc1. The lowest BCUT2D eigenvalue weighted by molar-refractivity contribution is -0.138. The standard InChI is InChI=1S/C11H12BrF3N2O2/c1-7(19-2)10(18)17(6-11(13,14)15)8-3-4-9(12)16-5-8/h3-5,7H,6H2,1-2H3. The molecule has 0 saturated carbocycles. The highest BCUT2D eigenvalue weighted by Gasteiger charge is 2.35. The minimum atomic E-state index is -4.50. The highest BCUT2D eigenvalue weighted by molar-refractivity contribution is 9.10. The molecule has 106 valence electrons. The molecule has 0 aliphatic rings. The Labute approximate surface area is 116 Å². The minimum absolute atomic E-state index is 0.0643. The topological polar surface area (TPSA) is 42.4 Å². The molecule has 0 radical (unpaired) electrons. The number of alkyl halides is 3. The fraction of sp³-hybridized carbons (Fsp3) is 0.455. The molecule has 1 aromatic heterocycles. The number of hydrogen-bond acceptors (Lipinski definition) is 3. The van der Waals surface area contributed by atoms with Gasteiger partial charge in [0.2, 0.25) is 0 Å². The Morgan fingerprint density at radius 1 is 1.53 bits per heavy atom. The highest BCUT2D eigenvalue weighted by atomic mass is 79.9. The molecule has 0 aliphatic heterocycles. The van der Waals surface area contributed by atoms with Gasteiger partial charge in [0.1, 0.15) is 17.3 Å². The lowest BCUT2D eigenvalue weighted by atomic mass is 10.3. The molecule has 1 rings (SSSR count). The maximum Gasteiger partial charge on any atom is 0.406 e. The summed E-state index contributed by atoms with van der Waals surface area (Å²) < 4.78 is 42.8. The molecule has 0 N–H and O–H groups in total. The monoisotopic (exact) mass is 340 g/mol. The van der Waals surface area contributed by atoms with Crippen molar-refractivity contribution in [2.75, 3.05) is 18.6 Å². The molecule has 0 aliphatic carbocycles. The van der Waals surface area contributed by atoms with Crippen LogP contribution in [0.5, 0.6) is 0 Å². The average Bonchev–Trinajstić information content (AvgIpc) is 2.34. The van der Waals surface area contributed by atoms with Crippen molar-refractivity contribution in [1.29, 1.82) is 0 Å². The molecule has 0 bridgehead atoms. The normalized spacial score (nSPS) is 13.2. The van der Waals surface area contributed by atoms with Crippen molar-refractivity contribution in [2.45, 2.75) is 19.2 Å². The summed E-state index contributed by atoms with van der Waals surface area (Å²) in [5.74, 6) is -0.774. The van der Waals surface area contributed by atoms with E-state index in [-0.39, 0.29) is 5.69 Å². The first-order valence-corrected chi connectivity index (χ1v) is 6.06. The Morgan fingerprint density at radius 3 is 2.58 bits per heavy atom. The van der Waals surface area contributed by atoms with Gasteiger partial charge in [-0.05, 0) is 35.0 Å². The lowest BCUT2D eigenvalue weighted by Crippen LogP contribution is -2.44. The summed E-state index contributed by atoms with van der Waals surface area (Å²) in [4.78, 5) is 16.3. The summed E-state index contributed by atoms with van der Waals surface area (Å²) in [6.07, 6.45) is -4.28. The van der Waals surface area contributed by atoms with E-state index in [1.54, 1.807) is 0 Å². The number of rotatable bonds is 4. The quantitative estimate of drug-likeness (QED) is 0.791. The van der Waals surface area contributed by atoms with E-state index >= 15 is 0 Å². The van der Waals surface area contributed by atoms with Gasteiger partial charge in [-0.3, -0.25) is 9.69 Å². The van der Waals surface area contributed by atoms with E-state index in [0.717, 1.165) is 0 Å². The number of pyridine rings is 1. The molecular formula is C11H12BrF3N2O2. The second-order valence-corrected chi connectivity index (χ2v) is 4.57. The van der Waals surface area contributed by atoms with Gasteiger partial charge in [0.15, 0.2) is 0 Å². The van der Waals surface area contributed by atoms with Crippen LogP contribution in [0, 0.1) is 0 Å². The van der Waals surface area contributed by atoms with Crippen molar-refractivity contribution in [1.82, 2.24) is 4.98 Å². The molecule has 4 nitrogen and oxygen atoms in total. The molecule has 1 aromatic rings. The number of carbonyl (C=O) groups excluding carboxylic acids is 1. The summed E-state index contributed by atoms with van der Waals surface area (Å²) >= 11 is 3.07. The molecule has 0 aromatic carbocycles. The van der Waals surface area contributed by atoms with Gasteiger partial charge in [-0.25, -0.2) is 4.98 Å². The van der Waals surface area contributed by atoms with Crippen LogP contribution in [-0.4, -0.2) is 36.8 Å². The van der Waals surface area contributed by atoms with Crippen LogP contribution in [0.25, 0.3) is 0 Å². The van der Waals surface area contributed by atoms with Crippen molar-refractivity contribution in [3.05, 3.63) is 22.9 Å². The third-order valence-electron chi connectivity index (χ3n) is 2.33. The van der Waals surface area contributed by atoms with Gasteiger partial charge in [-0.1, -0.05) is 0 Å². The van der Waals surface area contributed by atoms with Gasteiger partial charge >= 0.3 is 6.18 Å². The summed E-state index contributed by atoms with van der Waals surface area (Å²) in [7, 11) is 1.26. The van der Waals surface area contributed by atoms with E-state index in [4.69, 9.17) is 4.74 Å². The van der Waals surface area contributed by atoms with Crippen molar-refractivity contribution in [3.63, 3.8) is 0 Å². The smallest absolute Gasteiger partial charge is 0.372 e. The maximum absolute atomic E-state index is 12.5. The first kappa shape index (κ1) is 15.9. The van der Waals surface area contributed by atoms with E-state index in [1.807, 2.05) is 0 Å². The fourth-order valence-electron chi connectivity index (χ4n) is 1.32. The van der Waals surface area contributed by atoms with Gasteiger partial charge in [0.25, 0.3) is 5.91 Å². The van der Waals surface area contributed by atoms with E-state index < -0.39 is 24.7 Å². The van der Waals surface area contributed by atoms with E-state index in [2.05, 4.69) is 20.9 Å². The Morgan fingerprint density at radius 2 is 2.16 bits per heavy atom. The Balaban J connectivity index is 3.05. The zero-order valence-corrected chi connectivity index (χ0v) is 11.8. The Bertz CT molecular complexity index is 437. The number of methoxy groups -OCH3 is 1. The minimum Gasteiger partial charge on any atom is -0.372 e. The summed E-state index contributed by atoms with van der Waals surface area (Å²) in [6.45, 7) is 0.000832. The van der Waals surface area contributed by atoms with Crippen LogP contribution in [0.15, 0.2) is 22.9 Å². The Kier molecular flexibility index (Phi) is 5.30. The zero-order chi connectivity index (χ0) is 14.6. The fourth-order valence-corrected chi connectivity index (χ4v) is 1.56. The third kappa shape index (κ3) is 4.79. The second kappa shape index (κ2) is 6.33. The van der Waals surface area contributed by atoms with Crippen LogP contribution in [-0.2, 0) is 9.53 Å². The molecule has 0 spiro atoms. The first-order valence-electron chi connectivity index (χ1n) is 5.27. The van der Waals surface area contributed by atoms with Crippen LogP contribution in [0.3, 0.4) is 0 Å². The molecule has 1 atom stereocenters. The zero-order valence-electron chi connectivity index (χ0n) is 10.2. The van der Waals surface area contributed by atoms with Crippen LogP contribution < -0.4 is 4.90 Å². The molecule has 1 unspecified atom stereocenters. The van der Waals surface area contributed by atoms with Crippen LogP contribution in [0.1, 0.15) is 6.92 Å². The highest BCUT2D eigenvalue weighted by Crippen LogP contribution is 2.23. The molecule has 1 heterocycles. The molecule has 1 amide bonds. The van der Waals surface area contributed by atoms with Gasteiger partial charge < -0.3 is 4.74 Å². The molecule has 8 heteroatoms. The molecule has 0 fully saturated rings. The Hall–Kier alpha value is -1.15. The molecular weight excluding hydrogens is 329 g/mol. The number of halogens is 4. The van der Waals surface area contributed by atoms with Crippen molar-refractivity contribution < 1.29 is 22.7 Å². The largest absolute Gasteiger partial charge is 0.406 e. The maximum atomic E-state index is 12.5. The molecule has 19 heavy (non-hydrogen) atoms. The number of hydrogen-bond donors (Lipinski definition) is 0. The van der Waals surface area contributed by atoms with Gasteiger partial charge in [-0.15, -0.1) is 0 Å². The summed E-state index contributed by atoms with van der Waals surface area (Å²) in [5.41, 5.74) is 0.0643. The first-order chi connectivity index (χ1) is 8.74. The van der Waals surface area contributed by atoms with Crippen LogP contribution in [0.2, 0.25) is 0 Å². The predicted octanol–water partition coefficient (Wildman–Crippen LogP) is 2.77. The van der Waals surface area contributed by atoms with Crippen molar-refractivity contribution in [2.24, 2.45) is 0 Å². The summed E-state index contributed by atoms with van der Waals surface area (Å²) in [6, 6.07) is 2.84. The van der Waals surface area contributed by atoms with E-state index in [9.17, 15) is 18.0 Å². The lowest BCUT2D eigenvalue weighted by Gasteiger charge is -2.26.